The summed E-state index contributed by atoms with van der Waals surface area (Å²) in [5, 5.41) is 13.8. The number of hydrogen-bond acceptors (Lipinski definition) is 6. The molecular formula is C17H20N4O4. The minimum Gasteiger partial charge on any atom is -0.468 e. The third kappa shape index (κ3) is 3.80. The normalized spacial score (nSPS) is 15.8. The highest BCUT2D eigenvalue weighted by Gasteiger charge is 2.26. The first kappa shape index (κ1) is 17.0. The molecule has 2 heterocycles. The molecule has 0 bridgehead atoms. The van der Waals surface area contributed by atoms with Crippen molar-refractivity contribution in [2.24, 2.45) is 0 Å². The highest BCUT2D eigenvalue weighted by molar-refractivity contribution is 5.95. The topological polar surface area (TPSA) is 115 Å². The Morgan fingerprint density at radius 3 is 2.76 bits per heavy atom. The van der Waals surface area contributed by atoms with E-state index in [2.05, 4.69) is 10.2 Å². The Labute approximate surface area is 144 Å². The van der Waals surface area contributed by atoms with Crippen molar-refractivity contribution < 1.29 is 14.1 Å². The van der Waals surface area contributed by atoms with Gasteiger partial charge in [0.2, 0.25) is 0 Å². The number of hydrogen-bond donors (Lipinski definition) is 2. The van der Waals surface area contributed by atoms with Crippen LogP contribution in [0.25, 0.3) is 0 Å². The van der Waals surface area contributed by atoms with Gasteiger partial charge >= 0.3 is 0 Å². The zero-order chi connectivity index (χ0) is 17.8. The van der Waals surface area contributed by atoms with Crippen molar-refractivity contribution in [3.63, 3.8) is 0 Å². The van der Waals surface area contributed by atoms with Crippen LogP contribution in [0.2, 0.25) is 0 Å². The Bertz CT molecular complexity index is 754. The van der Waals surface area contributed by atoms with Gasteiger partial charge in [-0.1, -0.05) is 0 Å². The van der Waals surface area contributed by atoms with Crippen LogP contribution in [-0.2, 0) is 0 Å². The molecule has 0 spiro atoms. The molecule has 1 aliphatic rings. The fourth-order valence-corrected chi connectivity index (χ4v) is 3.08. The van der Waals surface area contributed by atoms with Gasteiger partial charge < -0.3 is 15.5 Å². The summed E-state index contributed by atoms with van der Waals surface area (Å²) >= 11 is 0. The molecule has 1 aromatic heterocycles. The number of likely N-dealkylation sites (tertiary alicyclic amines) is 1. The number of rotatable bonds is 6. The number of carbonyl (C=O) groups excluding carboxylic acids is 1. The molecule has 0 saturated carbocycles. The van der Waals surface area contributed by atoms with Crippen molar-refractivity contribution >= 4 is 17.3 Å². The lowest BCUT2D eigenvalue weighted by Gasteiger charge is -2.26. The summed E-state index contributed by atoms with van der Waals surface area (Å²) in [4.78, 5) is 25.0. The molecule has 3 rings (SSSR count). The summed E-state index contributed by atoms with van der Waals surface area (Å²) in [6.07, 6.45) is 3.86. The first-order chi connectivity index (χ1) is 12.1. The molecule has 1 saturated heterocycles. The standard InChI is InChI=1S/C17H20N4O4/c18-13-6-5-12(10-14(13)21(23)24)17(22)19-11-15(16-4-3-9-25-16)20-7-1-2-8-20/h3-6,9-10,15H,1-2,7-8,11,18H2,(H,19,22). The predicted molar refractivity (Wildman–Crippen MR) is 92.1 cm³/mol. The molecule has 1 aromatic carbocycles. The Morgan fingerprint density at radius 2 is 2.12 bits per heavy atom. The zero-order valence-corrected chi connectivity index (χ0v) is 13.7. The number of benzene rings is 1. The fraction of sp³-hybridized carbons (Fsp3) is 0.353. The van der Waals surface area contributed by atoms with E-state index in [1.807, 2.05) is 12.1 Å². The summed E-state index contributed by atoms with van der Waals surface area (Å²) in [6.45, 7) is 2.27. The number of nitro groups is 1. The molecule has 8 heteroatoms. The molecule has 1 amide bonds. The first-order valence-corrected chi connectivity index (χ1v) is 8.16. The minimum atomic E-state index is -0.595. The van der Waals surface area contributed by atoms with Crippen molar-refractivity contribution in [3.05, 3.63) is 58.0 Å². The molecule has 132 valence electrons. The summed E-state index contributed by atoms with van der Waals surface area (Å²) in [5.41, 5.74) is 5.54. The largest absolute Gasteiger partial charge is 0.468 e. The second-order valence-corrected chi connectivity index (χ2v) is 6.02. The van der Waals surface area contributed by atoms with Crippen LogP contribution in [0.5, 0.6) is 0 Å². The van der Waals surface area contributed by atoms with Gasteiger partial charge in [-0.3, -0.25) is 19.8 Å². The van der Waals surface area contributed by atoms with E-state index >= 15 is 0 Å². The van der Waals surface area contributed by atoms with E-state index in [1.54, 1.807) is 6.26 Å². The maximum absolute atomic E-state index is 12.4. The molecular weight excluding hydrogens is 324 g/mol. The lowest BCUT2D eigenvalue weighted by atomic mass is 10.1. The maximum Gasteiger partial charge on any atom is 0.292 e. The van der Waals surface area contributed by atoms with Gasteiger partial charge in [-0.2, -0.15) is 0 Å². The van der Waals surface area contributed by atoms with Gasteiger partial charge in [0.15, 0.2) is 0 Å². The highest BCUT2D eigenvalue weighted by atomic mass is 16.6. The number of amides is 1. The fourth-order valence-electron chi connectivity index (χ4n) is 3.08. The van der Waals surface area contributed by atoms with Gasteiger partial charge in [0, 0.05) is 18.2 Å². The lowest BCUT2D eigenvalue weighted by molar-refractivity contribution is -0.383. The quantitative estimate of drug-likeness (QED) is 0.472. The average molecular weight is 344 g/mol. The van der Waals surface area contributed by atoms with Crippen molar-refractivity contribution in [2.45, 2.75) is 18.9 Å². The number of furan rings is 1. The van der Waals surface area contributed by atoms with E-state index in [-0.39, 0.29) is 28.9 Å². The molecule has 1 fully saturated rings. The molecule has 3 N–H and O–H groups in total. The summed E-state index contributed by atoms with van der Waals surface area (Å²) in [5.74, 6) is 0.421. The number of nitrogen functional groups attached to an aromatic ring is 1. The van der Waals surface area contributed by atoms with Gasteiger partial charge in [-0.15, -0.1) is 0 Å². The number of anilines is 1. The Hall–Kier alpha value is -2.87. The van der Waals surface area contributed by atoms with Crippen molar-refractivity contribution in [3.8, 4) is 0 Å². The van der Waals surface area contributed by atoms with Crippen molar-refractivity contribution in [2.75, 3.05) is 25.4 Å². The maximum atomic E-state index is 12.4. The van der Waals surface area contributed by atoms with Gasteiger partial charge in [-0.25, -0.2) is 0 Å². The molecule has 0 aliphatic carbocycles. The average Bonchev–Trinajstić information content (AvgIpc) is 3.29. The van der Waals surface area contributed by atoms with Gasteiger partial charge in [0.25, 0.3) is 11.6 Å². The van der Waals surface area contributed by atoms with Crippen LogP contribution in [-0.4, -0.2) is 35.4 Å². The summed E-state index contributed by atoms with van der Waals surface area (Å²) in [7, 11) is 0. The monoisotopic (exact) mass is 344 g/mol. The smallest absolute Gasteiger partial charge is 0.292 e. The summed E-state index contributed by atoms with van der Waals surface area (Å²) in [6, 6.07) is 7.72. The third-order valence-electron chi connectivity index (χ3n) is 4.40. The number of nitrogens with zero attached hydrogens (tertiary/aromatic N) is 2. The van der Waals surface area contributed by atoms with E-state index in [0.29, 0.717) is 6.54 Å². The van der Waals surface area contributed by atoms with E-state index < -0.39 is 4.92 Å². The van der Waals surface area contributed by atoms with Gasteiger partial charge in [0.05, 0.1) is 17.2 Å². The number of nitrogens with one attached hydrogen (secondary N) is 1. The van der Waals surface area contributed by atoms with Crippen LogP contribution < -0.4 is 11.1 Å². The predicted octanol–water partition coefficient (Wildman–Crippen LogP) is 2.34. The molecule has 8 nitrogen and oxygen atoms in total. The second-order valence-electron chi connectivity index (χ2n) is 6.02. The number of nitro benzene ring substituents is 1. The molecule has 1 atom stereocenters. The molecule has 25 heavy (non-hydrogen) atoms. The molecule has 0 radical (unpaired) electrons. The molecule has 1 aliphatic heterocycles. The van der Waals surface area contributed by atoms with Crippen LogP contribution in [0.15, 0.2) is 41.0 Å². The van der Waals surface area contributed by atoms with Crippen LogP contribution in [0, 0.1) is 10.1 Å². The number of carbonyl (C=O) groups is 1. The third-order valence-corrected chi connectivity index (χ3v) is 4.40. The highest BCUT2D eigenvalue weighted by Crippen LogP contribution is 2.25. The van der Waals surface area contributed by atoms with E-state index in [4.69, 9.17) is 10.2 Å². The van der Waals surface area contributed by atoms with Gasteiger partial charge in [-0.05, 0) is 50.2 Å². The SMILES string of the molecule is Nc1ccc(C(=O)NCC(c2ccco2)N2CCCC2)cc1[N+](=O)[O-]. The van der Waals surface area contributed by atoms with Gasteiger partial charge in [0.1, 0.15) is 11.4 Å². The van der Waals surface area contributed by atoms with E-state index in [9.17, 15) is 14.9 Å². The van der Waals surface area contributed by atoms with E-state index in [0.717, 1.165) is 31.7 Å². The molecule has 1 unspecified atom stereocenters. The first-order valence-electron chi connectivity index (χ1n) is 8.16. The number of nitrogens with two attached hydrogens (primary N) is 1. The van der Waals surface area contributed by atoms with Crippen LogP contribution in [0.4, 0.5) is 11.4 Å². The lowest BCUT2D eigenvalue weighted by Crippen LogP contribution is -2.36. The molecule has 2 aromatic rings. The Morgan fingerprint density at radius 1 is 1.36 bits per heavy atom. The Balaban J connectivity index is 1.71. The van der Waals surface area contributed by atoms with E-state index in [1.165, 1.54) is 18.2 Å². The van der Waals surface area contributed by atoms with Crippen LogP contribution in [0.1, 0.15) is 35.0 Å². The van der Waals surface area contributed by atoms with Crippen molar-refractivity contribution in [1.82, 2.24) is 10.2 Å². The van der Waals surface area contributed by atoms with Crippen molar-refractivity contribution in [1.29, 1.82) is 0 Å². The minimum absolute atomic E-state index is 0.0343. The second kappa shape index (κ2) is 7.35. The summed E-state index contributed by atoms with van der Waals surface area (Å²) < 4.78 is 5.51. The van der Waals surface area contributed by atoms with Crippen LogP contribution >= 0.6 is 0 Å². The van der Waals surface area contributed by atoms with Crippen LogP contribution in [0.3, 0.4) is 0 Å². The zero-order valence-electron chi connectivity index (χ0n) is 13.7. The Kier molecular flexibility index (Phi) is 4.99.